The van der Waals surface area contributed by atoms with Crippen LogP contribution < -0.4 is 9.47 Å². The zero-order valence-electron chi connectivity index (χ0n) is 18.3. The van der Waals surface area contributed by atoms with Crippen LogP contribution in [0.25, 0.3) is 0 Å². The highest BCUT2D eigenvalue weighted by atomic mass is 32.1. The van der Waals surface area contributed by atoms with E-state index in [-0.39, 0.29) is 11.8 Å². The number of methoxy groups -OCH3 is 1. The molecule has 1 N–H and O–H groups in total. The topological polar surface area (TPSA) is 71.9 Å². The number of carbonyl (C=O) groups excluding carboxylic acids is 1. The number of thiazole rings is 1. The fraction of sp³-hybridized carbons (Fsp3) is 0.565. The van der Waals surface area contributed by atoms with Gasteiger partial charge in [0.2, 0.25) is 5.91 Å². The molecular weight excluding hydrogens is 400 g/mol. The minimum absolute atomic E-state index is 0.0180. The Morgan fingerprint density at radius 1 is 1.23 bits per heavy atom. The van der Waals surface area contributed by atoms with Crippen LogP contribution in [0.15, 0.2) is 24.3 Å². The van der Waals surface area contributed by atoms with Crippen LogP contribution in [0.5, 0.6) is 11.5 Å². The van der Waals surface area contributed by atoms with Gasteiger partial charge in [-0.1, -0.05) is 13.8 Å². The minimum Gasteiger partial charge on any atom is -0.497 e. The lowest BCUT2D eigenvalue weighted by Gasteiger charge is -2.25. The molecule has 0 aliphatic carbocycles. The van der Waals surface area contributed by atoms with Gasteiger partial charge >= 0.3 is 0 Å². The molecule has 0 bridgehead atoms. The number of hydrogen-bond donors (Lipinski definition) is 1. The molecule has 1 amide bonds. The quantitative estimate of drug-likeness (QED) is 0.718. The summed E-state index contributed by atoms with van der Waals surface area (Å²) in [5, 5.41) is 12.1. The van der Waals surface area contributed by atoms with Crippen molar-refractivity contribution in [1.82, 2.24) is 9.88 Å². The van der Waals surface area contributed by atoms with E-state index in [1.165, 1.54) is 0 Å². The molecule has 2 aromatic rings. The molecule has 30 heavy (non-hydrogen) atoms. The first-order valence-electron chi connectivity index (χ1n) is 10.6. The Labute approximate surface area is 182 Å². The van der Waals surface area contributed by atoms with Crippen molar-refractivity contribution in [3.63, 3.8) is 0 Å². The third-order valence-corrected chi connectivity index (χ3v) is 6.98. The standard InChI is InChI=1S/C23H32N2O4S/c1-16(2)21(26)25-13-5-11-23(27,12-14-25)22-24-17(3)20(30-22)10-15-29-19-8-6-18(28-4)7-9-19/h6-9,16,27H,5,10-15H2,1-4H3/t23-/m1/s1. The predicted molar refractivity (Wildman–Crippen MR) is 118 cm³/mol. The second kappa shape index (κ2) is 9.79. The Bertz CT molecular complexity index is 849. The van der Waals surface area contributed by atoms with E-state index in [4.69, 9.17) is 14.5 Å². The summed E-state index contributed by atoms with van der Waals surface area (Å²) in [5.74, 6) is 1.74. The number of nitrogens with zero attached hydrogens (tertiary/aromatic N) is 2. The van der Waals surface area contributed by atoms with Gasteiger partial charge in [-0.2, -0.15) is 0 Å². The molecule has 0 radical (unpaired) electrons. The summed E-state index contributed by atoms with van der Waals surface area (Å²) >= 11 is 1.57. The lowest BCUT2D eigenvalue weighted by Crippen LogP contribution is -2.36. The van der Waals surface area contributed by atoms with E-state index in [1.807, 2.05) is 49.9 Å². The summed E-state index contributed by atoms with van der Waals surface area (Å²) in [6, 6.07) is 7.53. The number of rotatable bonds is 7. The van der Waals surface area contributed by atoms with E-state index in [9.17, 15) is 9.90 Å². The van der Waals surface area contributed by atoms with Crippen LogP contribution in [-0.4, -0.2) is 47.7 Å². The Hall–Kier alpha value is -2.12. The zero-order chi connectivity index (χ0) is 21.7. The van der Waals surface area contributed by atoms with Crippen LogP contribution in [0, 0.1) is 12.8 Å². The number of aryl methyl sites for hydroxylation is 1. The van der Waals surface area contributed by atoms with E-state index in [2.05, 4.69) is 0 Å². The van der Waals surface area contributed by atoms with Crippen molar-refractivity contribution in [2.75, 3.05) is 26.8 Å². The summed E-state index contributed by atoms with van der Waals surface area (Å²) in [7, 11) is 1.64. The first kappa shape index (κ1) is 22.6. The van der Waals surface area contributed by atoms with Gasteiger partial charge in [0.1, 0.15) is 22.1 Å². The van der Waals surface area contributed by atoms with E-state index in [0.29, 0.717) is 32.5 Å². The molecule has 6 nitrogen and oxygen atoms in total. The second-order valence-corrected chi connectivity index (χ2v) is 9.25. The summed E-state index contributed by atoms with van der Waals surface area (Å²) in [6.45, 7) is 7.64. The van der Waals surface area contributed by atoms with Crippen LogP contribution in [0.1, 0.15) is 48.7 Å². The average molecular weight is 433 g/mol. The highest BCUT2D eigenvalue weighted by molar-refractivity contribution is 7.11. The fourth-order valence-electron chi connectivity index (χ4n) is 3.71. The van der Waals surface area contributed by atoms with Crippen LogP contribution in [0.2, 0.25) is 0 Å². The van der Waals surface area contributed by atoms with Crippen LogP contribution in [0.3, 0.4) is 0 Å². The molecule has 0 spiro atoms. The summed E-state index contributed by atoms with van der Waals surface area (Å²) in [4.78, 5) is 20.0. The van der Waals surface area contributed by atoms with E-state index in [0.717, 1.165) is 39.9 Å². The number of carbonyl (C=O) groups is 1. The molecule has 7 heteroatoms. The monoisotopic (exact) mass is 432 g/mol. The summed E-state index contributed by atoms with van der Waals surface area (Å²) in [6.07, 6.45) is 2.68. The third-order valence-electron chi connectivity index (χ3n) is 5.57. The first-order chi connectivity index (χ1) is 14.3. The van der Waals surface area contributed by atoms with Crippen molar-refractivity contribution in [2.24, 2.45) is 5.92 Å². The van der Waals surface area contributed by atoms with Gasteiger partial charge in [0.05, 0.1) is 19.4 Å². The maximum atomic E-state index is 12.3. The molecule has 1 aromatic carbocycles. The van der Waals surface area contributed by atoms with Crippen molar-refractivity contribution >= 4 is 17.2 Å². The zero-order valence-corrected chi connectivity index (χ0v) is 19.1. The normalized spacial score (nSPS) is 19.6. The molecule has 2 heterocycles. The van der Waals surface area contributed by atoms with Gasteiger partial charge in [-0.15, -0.1) is 11.3 Å². The Morgan fingerprint density at radius 2 is 1.93 bits per heavy atom. The van der Waals surface area contributed by atoms with Crippen molar-refractivity contribution in [3.05, 3.63) is 39.8 Å². The van der Waals surface area contributed by atoms with Crippen LogP contribution >= 0.6 is 11.3 Å². The van der Waals surface area contributed by atoms with Crippen LogP contribution in [-0.2, 0) is 16.8 Å². The van der Waals surface area contributed by atoms with Gasteiger partial charge in [0, 0.05) is 36.7 Å². The van der Waals surface area contributed by atoms with Gasteiger partial charge in [-0.05, 0) is 44.0 Å². The van der Waals surface area contributed by atoms with E-state index >= 15 is 0 Å². The van der Waals surface area contributed by atoms with Gasteiger partial charge < -0.3 is 19.5 Å². The summed E-state index contributed by atoms with van der Waals surface area (Å²) < 4.78 is 11.0. The van der Waals surface area contributed by atoms with Crippen molar-refractivity contribution in [3.8, 4) is 11.5 Å². The molecule has 1 aliphatic heterocycles. The van der Waals surface area contributed by atoms with Crippen molar-refractivity contribution in [2.45, 2.75) is 52.1 Å². The highest BCUT2D eigenvalue weighted by Gasteiger charge is 2.36. The molecule has 0 saturated carbocycles. The smallest absolute Gasteiger partial charge is 0.225 e. The number of likely N-dealkylation sites (tertiary alicyclic amines) is 1. The molecule has 1 atom stereocenters. The number of amides is 1. The van der Waals surface area contributed by atoms with E-state index < -0.39 is 5.60 Å². The molecular formula is C23H32N2O4S. The molecule has 164 valence electrons. The van der Waals surface area contributed by atoms with Crippen LogP contribution in [0.4, 0.5) is 0 Å². The number of aliphatic hydroxyl groups is 1. The van der Waals surface area contributed by atoms with Gasteiger partial charge in [0.25, 0.3) is 0 Å². The Kier molecular flexibility index (Phi) is 7.36. The Balaban J connectivity index is 1.60. The molecule has 1 aliphatic rings. The van der Waals surface area contributed by atoms with E-state index in [1.54, 1.807) is 18.4 Å². The fourth-order valence-corrected chi connectivity index (χ4v) is 4.90. The predicted octanol–water partition coefficient (Wildman–Crippen LogP) is 3.94. The van der Waals surface area contributed by atoms with Crippen molar-refractivity contribution in [1.29, 1.82) is 0 Å². The highest BCUT2D eigenvalue weighted by Crippen LogP contribution is 2.37. The molecule has 0 unspecified atom stereocenters. The maximum absolute atomic E-state index is 12.3. The van der Waals surface area contributed by atoms with Crippen molar-refractivity contribution < 1.29 is 19.4 Å². The average Bonchev–Trinajstić information content (AvgIpc) is 2.99. The lowest BCUT2D eigenvalue weighted by molar-refractivity contribution is -0.134. The third kappa shape index (κ3) is 5.32. The number of benzene rings is 1. The largest absolute Gasteiger partial charge is 0.497 e. The first-order valence-corrected chi connectivity index (χ1v) is 11.4. The number of ether oxygens (including phenoxy) is 2. The summed E-state index contributed by atoms with van der Waals surface area (Å²) in [5.41, 5.74) is -0.0163. The maximum Gasteiger partial charge on any atom is 0.225 e. The molecule has 1 fully saturated rings. The van der Waals surface area contributed by atoms with Gasteiger partial charge in [-0.25, -0.2) is 4.98 Å². The SMILES string of the molecule is COc1ccc(OCCc2sc([C@@]3(O)CCCN(C(=O)C(C)C)CC3)nc2C)cc1. The minimum atomic E-state index is -0.962. The number of hydrogen-bond acceptors (Lipinski definition) is 6. The Morgan fingerprint density at radius 3 is 2.60 bits per heavy atom. The number of aromatic nitrogens is 1. The lowest BCUT2D eigenvalue weighted by atomic mass is 9.96. The molecule has 1 saturated heterocycles. The van der Waals surface area contributed by atoms with Gasteiger partial charge in [-0.3, -0.25) is 4.79 Å². The molecule has 1 aromatic heterocycles. The van der Waals surface area contributed by atoms with Gasteiger partial charge in [0.15, 0.2) is 0 Å². The molecule has 3 rings (SSSR count). The second-order valence-electron chi connectivity index (χ2n) is 8.17.